The van der Waals surface area contributed by atoms with Crippen LogP contribution in [0.1, 0.15) is 42.2 Å². The highest BCUT2D eigenvalue weighted by Crippen LogP contribution is 2.24. The minimum Gasteiger partial charge on any atom is -0.337 e. The van der Waals surface area contributed by atoms with Gasteiger partial charge in [0.2, 0.25) is 0 Å². The Hall–Kier alpha value is -1.36. The number of likely N-dealkylation sites (N-methyl/N-ethyl adjacent to an activating group) is 1. The largest absolute Gasteiger partial charge is 0.337 e. The van der Waals surface area contributed by atoms with Crippen molar-refractivity contribution in [2.75, 3.05) is 20.1 Å². The van der Waals surface area contributed by atoms with E-state index in [0.717, 1.165) is 41.7 Å². The van der Waals surface area contributed by atoms with Gasteiger partial charge in [0.25, 0.3) is 5.91 Å². The molecule has 6 heteroatoms. The second kappa shape index (κ2) is 8.65. The third-order valence-corrected chi connectivity index (χ3v) is 4.46. The summed E-state index contributed by atoms with van der Waals surface area (Å²) < 4.78 is 0. The molecule has 2 heterocycles. The van der Waals surface area contributed by atoms with Gasteiger partial charge < -0.3 is 10.2 Å². The fraction of sp³-hybridized carbons (Fsp3) is 0.444. The van der Waals surface area contributed by atoms with E-state index in [1.807, 2.05) is 42.3 Å². The number of hydrogen-bond acceptors (Lipinski definition) is 3. The number of amides is 1. The van der Waals surface area contributed by atoms with Gasteiger partial charge in [-0.15, -0.1) is 24.8 Å². The lowest BCUT2D eigenvalue weighted by Crippen LogP contribution is -2.38. The molecule has 3 rings (SSSR count). The average Bonchev–Trinajstić information content (AvgIpc) is 3.06. The van der Waals surface area contributed by atoms with Crippen LogP contribution in [0.15, 0.2) is 30.3 Å². The van der Waals surface area contributed by atoms with Crippen molar-refractivity contribution in [3.8, 4) is 0 Å². The van der Waals surface area contributed by atoms with E-state index in [-0.39, 0.29) is 36.8 Å². The van der Waals surface area contributed by atoms with E-state index in [0.29, 0.717) is 5.92 Å². The van der Waals surface area contributed by atoms with E-state index < -0.39 is 0 Å². The zero-order valence-electron chi connectivity index (χ0n) is 14.3. The van der Waals surface area contributed by atoms with Gasteiger partial charge in [0, 0.05) is 30.7 Å². The molecule has 0 bridgehead atoms. The fourth-order valence-electron chi connectivity index (χ4n) is 2.99. The fourth-order valence-corrected chi connectivity index (χ4v) is 2.99. The predicted octanol–water partition coefficient (Wildman–Crippen LogP) is 3.64. The van der Waals surface area contributed by atoms with Gasteiger partial charge in [-0.25, -0.2) is 0 Å². The van der Waals surface area contributed by atoms with Gasteiger partial charge >= 0.3 is 0 Å². The van der Waals surface area contributed by atoms with Crippen molar-refractivity contribution >= 4 is 41.6 Å². The third kappa shape index (κ3) is 4.00. The van der Waals surface area contributed by atoms with E-state index >= 15 is 0 Å². The lowest BCUT2D eigenvalue weighted by molar-refractivity contribution is 0.0745. The van der Waals surface area contributed by atoms with E-state index in [1.54, 1.807) is 0 Å². The molecule has 1 amide bonds. The molecule has 0 saturated carbocycles. The Kier molecular flexibility index (Phi) is 7.46. The number of carbonyl (C=O) groups is 1. The Bertz CT molecular complexity index is 700. The Morgan fingerprint density at radius 3 is 2.62 bits per heavy atom. The minimum absolute atomic E-state index is 0. The first-order chi connectivity index (χ1) is 10.6. The van der Waals surface area contributed by atoms with E-state index in [2.05, 4.69) is 19.2 Å². The molecule has 1 saturated heterocycles. The van der Waals surface area contributed by atoms with Crippen molar-refractivity contribution in [2.24, 2.45) is 0 Å². The summed E-state index contributed by atoms with van der Waals surface area (Å²) in [6.45, 7) is 6.07. The standard InChI is InChI=1S/C18H23N3O.2ClH/c1-12(2)17-10-15(14-6-4-5-7-16(14)20-17)18(22)21(3)13-8-9-19-11-13;;/h4-7,10,12-13,19H,8-9,11H2,1-3H3;2*1H. The Labute approximate surface area is 155 Å². The summed E-state index contributed by atoms with van der Waals surface area (Å²) in [4.78, 5) is 19.6. The number of nitrogens with zero attached hydrogens (tertiary/aromatic N) is 2. The van der Waals surface area contributed by atoms with Gasteiger partial charge in [-0.2, -0.15) is 0 Å². The van der Waals surface area contributed by atoms with E-state index in [1.165, 1.54) is 0 Å². The van der Waals surface area contributed by atoms with Crippen LogP contribution in [0, 0.1) is 0 Å². The van der Waals surface area contributed by atoms with Crippen LogP contribution in [0.3, 0.4) is 0 Å². The van der Waals surface area contributed by atoms with Crippen molar-refractivity contribution in [1.82, 2.24) is 15.2 Å². The van der Waals surface area contributed by atoms with Gasteiger partial charge in [-0.3, -0.25) is 9.78 Å². The number of pyridine rings is 1. The third-order valence-electron chi connectivity index (χ3n) is 4.46. The highest BCUT2D eigenvalue weighted by Gasteiger charge is 2.25. The van der Waals surface area contributed by atoms with Crippen LogP contribution in [-0.2, 0) is 0 Å². The molecular formula is C18H25Cl2N3O. The quantitative estimate of drug-likeness (QED) is 0.897. The summed E-state index contributed by atoms with van der Waals surface area (Å²) in [5, 5.41) is 4.26. The number of nitrogens with one attached hydrogen (secondary N) is 1. The lowest BCUT2D eigenvalue weighted by Gasteiger charge is -2.25. The molecule has 24 heavy (non-hydrogen) atoms. The molecule has 1 fully saturated rings. The molecule has 1 aliphatic heterocycles. The van der Waals surface area contributed by atoms with Crippen molar-refractivity contribution < 1.29 is 4.79 Å². The molecule has 1 N–H and O–H groups in total. The Balaban J connectivity index is 0.00000144. The van der Waals surface area contributed by atoms with Crippen LogP contribution in [0.2, 0.25) is 0 Å². The van der Waals surface area contributed by atoms with Crippen LogP contribution in [-0.4, -0.2) is 42.0 Å². The molecule has 0 aliphatic carbocycles. The SMILES string of the molecule is CC(C)c1cc(C(=O)N(C)C2CCNC2)c2ccccc2n1.Cl.Cl. The first kappa shape index (κ1) is 20.7. The first-order valence-corrected chi connectivity index (χ1v) is 7.95. The van der Waals surface area contributed by atoms with E-state index in [9.17, 15) is 4.79 Å². The number of hydrogen-bond donors (Lipinski definition) is 1. The first-order valence-electron chi connectivity index (χ1n) is 7.95. The second-order valence-electron chi connectivity index (χ2n) is 6.33. The number of para-hydroxylation sites is 1. The lowest BCUT2D eigenvalue weighted by atomic mass is 10.0. The summed E-state index contributed by atoms with van der Waals surface area (Å²) >= 11 is 0. The summed E-state index contributed by atoms with van der Waals surface area (Å²) in [6.07, 6.45) is 1.02. The van der Waals surface area contributed by atoms with Crippen LogP contribution >= 0.6 is 24.8 Å². The number of carbonyl (C=O) groups excluding carboxylic acids is 1. The van der Waals surface area contributed by atoms with Gasteiger partial charge in [0.05, 0.1) is 11.1 Å². The zero-order chi connectivity index (χ0) is 15.7. The summed E-state index contributed by atoms with van der Waals surface area (Å²) in [5.74, 6) is 0.392. The number of fused-ring (bicyclic) bond motifs is 1. The maximum absolute atomic E-state index is 13.0. The number of benzene rings is 1. The van der Waals surface area contributed by atoms with Crippen molar-refractivity contribution in [3.05, 3.63) is 41.6 Å². The van der Waals surface area contributed by atoms with Crippen molar-refractivity contribution in [1.29, 1.82) is 0 Å². The van der Waals surface area contributed by atoms with Crippen molar-refractivity contribution in [3.63, 3.8) is 0 Å². The van der Waals surface area contributed by atoms with Crippen LogP contribution < -0.4 is 5.32 Å². The minimum atomic E-state index is 0. The van der Waals surface area contributed by atoms with Gasteiger partial charge in [0.1, 0.15) is 0 Å². The van der Waals surface area contributed by atoms with E-state index in [4.69, 9.17) is 4.98 Å². The molecule has 1 unspecified atom stereocenters. The molecule has 132 valence electrons. The smallest absolute Gasteiger partial charge is 0.254 e. The highest BCUT2D eigenvalue weighted by atomic mass is 35.5. The molecule has 0 radical (unpaired) electrons. The predicted molar refractivity (Wildman–Crippen MR) is 104 cm³/mol. The Morgan fingerprint density at radius 1 is 1.29 bits per heavy atom. The summed E-state index contributed by atoms with van der Waals surface area (Å²) in [5.41, 5.74) is 2.64. The molecule has 4 nitrogen and oxygen atoms in total. The molecule has 1 aliphatic rings. The number of halogens is 2. The summed E-state index contributed by atoms with van der Waals surface area (Å²) in [6, 6.07) is 10.1. The topological polar surface area (TPSA) is 45.2 Å². The maximum atomic E-state index is 13.0. The van der Waals surface area contributed by atoms with Gasteiger partial charge in [-0.1, -0.05) is 32.0 Å². The number of aromatic nitrogens is 1. The molecule has 1 aromatic carbocycles. The zero-order valence-corrected chi connectivity index (χ0v) is 15.9. The normalized spacial score (nSPS) is 16.6. The monoisotopic (exact) mass is 369 g/mol. The average molecular weight is 370 g/mol. The van der Waals surface area contributed by atoms with Crippen LogP contribution in [0.4, 0.5) is 0 Å². The maximum Gasteiger partial charge on any atom is 0.254 e. The van der Waals surface area contributed by atoms with Crippen LogP contribution in [0.5, 0.6) is 0 Å². The summed E-state index contributed by atoms with van der Waals surface area (Å²) in [7, 11) is 1.91. The number of rotatable bonds is 3. The van der Waals surface area contributed by atoms with Gasteiger partial charge in [0.15, 0.2) is 0 Å². The Morgan fingerprint density at radius 2 is 2.00 bits per heavy atom. The van der Waals surface area contributed by atoms with Crippen LogP contribution in [0.25, 0.3) is 10.9 Å². The molecule has 1 atom stereocenters. The highest BCUT2D eigenvalue weighted by molar-refractivity contribution is 6.06. The molecule has 2 aromatic rings. The molecular weight excluding hydrogens is 345 g/mol. The second-order valence-corrected chi connectivity index (χ2v) is 6.33. The molecule has 0 spiro atoms. The molecule has 1 aromatic heterocycles. The van der Waals surface area contributed by atoms with Crippen molar-refractivity contribution in [2.45, 2.75) is 32.2 Å². The van der Waals surface area contributed by atoms with Gasteiger partial charge in [-0.05, 0) is 31.0 Å².